The molecule has 2 saturated heterocycles. The highest BCUT2D eigenvalue weighted by Crippen LogP contribution is 2.44. The van der Waals surface area contributed by atoms with E-state index in [9.17, 15) is 14.4 Å². The van der Waals surface area contributed by atoms with Gasteiger partial charge in [-0.15, -0.1) is 0 Å². The summed E-state index contributed by atoms with van der Waals surface area (Å²) in [5, 5.41) is 0.667. The molecule has 26 heavy (non-hydrogen) atoms. The molecule has 2 heterocycles. The number of likely N-dealkylation sites (tertiary alicyclic amines) is 1. The van der Waals surface area contributed by atoms with Gasteiger partial charge in [0.05, 0.1) is 5.41 Å². The highest BCUT2D eigenvalue weighted by Gasteiger charge is 2.48. The van der Waals surface area contributed by atoms with Gasteiger partial charge in [-0.25, -0.2) is 9.69 Å². The summed E-state index contributed by atoms with van der Waals surface area (Å²) in [6.07, 6.45) is 3.21. The fourth-order valence-corrected chi connectivity index (χ4v) is 4.47. The predicted octanol–water partition coefficient (Wildman–Crippen LogP) is 2.59. The minimum Gasteiger partial charge on any atom is -0.439 e. The van der Waals surface area contributed by atoms with Crippen LogP contribution in [0.25, 0.3) is 0 Å². The van der Waals surface area contributed by atoms with Gasteiger partial charge in [0, 0.05) is 30.6 Å². The molecule has 0 atom stereocenters. The number of ether oxygens (including phenoxy) is 1. The van der Waals surface area contributed by atoms with Crippen molar-refractivity contribution in [3.05, 3.63) is 34.9 Å². The second kappa shape index (κ2) is 6.58. The summed E-state index contributed by atoms with van der Waals surface area (Å²) in [6.45, 7) is 1.31. The van der Waals surface area contributed by atoms with E-state index >= 15 is 0 Å². The van der Waals surface area contributed by atoms with Crippen LogP contribution in [0.3, 0.4) is 0 Å². The Labute approximate surface area is 157 Å². The molecule has 3 fully saturated rings. The molecule has 138 valence electrons. The third kappa shape index (κ3) is 2.86. The predicted molar refractivity (Wildman–Crippen MR) is 94.7 cm³/mol. The van der Waals surface area contributed by atoms with Crippen molar-refractivity contribution in [2.75, 3.05) is 26.2 Å². The third-order valence-electron chi connectivity index (χ3n) is 5.79. The molecular weight excluding hydrogens is 356 g/mol. The molecule has 0 bridgehead atoms. The van der Waals surface area contributed by atoms with Gasteiger partial charge in [-0.3, -0.25) is 9.59 Å². The maximum Gasteiger partial charge on any atom is 0.417 e. The summed E-state index contributed by atoms with van der Waals surface area (Å²) >= 11 is 6.00. The molecule has 2 aliphatic heterocycles. The van der Waals surface area contributed by atoms with E-state index in [4.69, 9.17) is 16.3 Å². The zero-order valence-corrected chi connectivity index (χ0v) is 15.2. The number of cyclic esters (lactones) is 1. The Morgan fingerprint density at radius 1 is 1.15 bits per heavy atom. The molecule has 0 spiro atoms. The third-order valence-corrected chi connectivity index (χ3v) is 6.04. The molecule has 3 aliphatic rings. The molecule has 0 radical (unpaired) electrons. The summed E-state index contributed by atoms with van der Waals surface area (Å²) in [4.78, 5) is 39.5. The largest absolute Gasteiger partial charge is 0.439 e. The van der Waals surface area contributed by atoms with E-state index in [2.05, 4.69) is 0 Å². The molecule has 1 saturated carbocycles. The van der Waals surface area contributed by atoms with Crippen LogP contribution in [0.5, 0.6) is 0 Å². The lowest BCUT2D eigenvalue weighted by molar-refractivity contribution is -0.144. The first-order valence-electron chi connectivity index (χ1n) is 9.02. The van der Waals surface area contributed by atoms with Crippen molar-refractivity contribution >= 4 is 29.5 Å². The molecule has 1 aromatic carbocycles. The molecule has 0 N–H and O–H groups in total. The molecule has 0 aromatic heterocycles. The molecular formula is C19H21ClN2O4. The number of nitrogens with zero attached hydrogens (tertiary/aromatic N) is 2. The molecule has 3 amide bonds. The number of halogens is 1. The standard InChI is InChI=1S/C19H21ClN2O4/c20-15-5-3-14(4-6-15)19(7-1-2-8-19)17(24)21-9-13(10-21)11-22-16(23)12-26-18(22)25/h3-6,13H,1-2,7-12H2. The van der Waals surface area contributed by atoms with E-state index in [1.165, 1.54) is 0 Å². The summed E-state index contributed by atoms with van der Waals surface area (Å²) in [5.41, 5.74) is 0.573. The number of rotatable bonds is 4. The van der Waals surface area contributed by atoms with Gasteiger partial charge in [0.25, 0.3) is 5.91 Å². The average molecular weight is 377 g/mol. The lowest BCUT2D eigenvalue weighted by atomic mass is 9.76. The van der Waals surface area contributed by atoms with Crippen LogP contribution in [-0.4, -0.2) is 53.9 Å². The normalized spacial score (nSPS) is 22.5. The van der Waals surface area contributed by atoms with Crippen molar-refractivity contribution < 1.29 is 19.1 Å². The quantitative estimate of drug-likeness (QED) is 0.810. The van der Waals surface area contributed by atoms with E-state index < -0.39 is 11.5 Å². The summed E-state index contributed by atoms with van der Waals surface area (Å²) in [6, 6.07) is 7.60. The maximum atomic E-state index is 13.3. The van der Waals surface area contributed by atoms with Gasteiger partial charge in [-0.1, -0.05) is 36.6 Å². The summed E-state index contributed by atoms with van der Waals surface area (Å²) in [7, 11) is 0. The zero-order valence-electron chi connectivity index (χ0n) is 14.4. The Morgan fingerprint density at radius 2 is 1.81 bits per heavy atom. The molecule has 0 unspecified atom stereocenters. The van der Waals surface area contributed by atoms with Crippen LogP contribution in [0, 0.1) is 5.92 Å². The Bertz CT molecular complexity index is 720. The number of benzene rings is 1. The monoisotopic (exact) mass is 376 g/mol. The van der Waals surface area contributed by atoms with Gasteiger partial charge < -0.3 is 9.64 Å². The molecule has 7 heteroatoms. The number of amides is 3. The average Bonchev–Trinajstić information content (AvgIpc) is 3.20. The van der Waals surface area contributed by atoms with Crippen LogP contribution in [0.2, 0.25) is 5.02 Å². The number of carbonyl (C=O) groups excluding carboxylic acids is 3. The lowest BCUT2D eigenvalue weighted by Gasteiger charge is -2.45. The maximum absolute atomic E-state index is 13.3. The Morgan fingerprint density at radius 3 is 2.38 bits per heavy atom. The summed E-state index contributed by atoms with van der Waals surface area (Å²) < 4.78 is 4.73. The van der Waals surface area contributed by atoms with Crippen molar-refractivity contribution in [3.63, 3.8) is 0 Å². The zero-order chi connectivity index (χ0) is 18.3. The molecule has 6 nitrogen and oxygen atoms in total. The minimum atomic E-state index is -0.576. The second-order valence-electron chi connectivity index (χ2n) is 7.43. The van der Waals surface area contributed by atoms with Gasteiger partial charge >= 0.3 is 6.09 Å². The van der Waals surface area contributed by atoms with Crippen LogP contribution in [0.1, 0.15) is 31.2 Å². The Kier molecular flexibility index (Phi) is 4.39. The fraction of sp³-hybridized carbons (Fsp3) is 0.526. The SMILES string of the molecule is O=C1COC(=O)N1CC1CN(C(=O)C2(c3ccc(Cl)cc3)CCCC2)C1. The molecule has 4 rings (SSSR count). The van der Waals surface area contributed by atoms with Crippen LogP contribution < -0.4 is 0 Å². The number of imide groups is 1. The van der Waals surface area contributed by atoms with Crippen LogP contribution >= 0.6 is 11.6 Å². The van der Waals surface area contributed by atoms with E-state index in [1.807, 2.05) is 29.2 Å². The first kappa shape index (κ1) is 17.3. The van der Waals surface area contributed by atoms with Crippen LogP contribution in [0.15, 0.2) is 24.3 Å². The Hall–Kier alpha value is -2.08. The highest BCUT2D eigenvalue weighted by atomic mass is 35.5. The number of hydrogen-bond acceptors (Lipinski definition) is 4. The fourth-order valence-electron chi connectivity index (χ4n) is 4.34. The van der Waals surface area contributed by atoms with Crippen molar-refractivity contribution in [2.24, 2.45) is 5.92 Å². The van der Waals surface area contributed by atoms with Crippen molar-refractivity contribution in [1.29, 1.82) is 0 Å². The number of hydrogen-bond donors (Lipinski definition) is 0. The molecule has 1 aliphatic carbocycles. The van der Waals surface area contributed by atoms with E-state index in [0.29, 0.717) is 24.7 Å². The smallest absolute Gasteiger partial charge is 0.417 e. The highest BCUT2D eigenvalue weighted by molar-refractivity contribution is 6.30. The van der Waals surface area contributed by atoms with E-state index in [0.717, 1.165) is 36.1 Å². The van der Waals surface area contributed by atoms with Crippen LogP contribution in [-0.2, 0) is 19.7 Å². The lowest BCUT2D eigenvalue weighted by Crippen LogP contribution is -2.58. The topological polar surface area (TPSA) is 66.9 Å². The molecule has 1 aromatic rings. The minimum absolute atomic E-state index is 0.122. The van der Waals surface area contributed by atoms with Gasteiger partial charge in [0.2, 0.25) is 5.91 Å². The summed E-state index contributed by atoms with van der Waals surface area (Å²) in [5.74, 6) is -0.0191. The number of carbonyl (C=O) groups is 3. The van der Waals surface area contributed by atoms with E-state index in [1.54, 1.807) is 0 Å². The van der Waals surface area contributed by atoms with Crippen LogP contribution in [0.4, 0.5) is 4.79 Å². The van der Waals surface area contributed by atoms with Gasteiger partial charge in [-0.2, -0.15) is 0 Å². The van der Waals surface area contributed by atoms with Gasteiger partial charge in [-0.05, 0) is 30.5 Å². The Balaban J connectivity index is 1.43. The van der Waals surface area contributed by atoms with Crippen molar-refractivity contribution in [1.82, 2.24) is 9.80 Å². The van der Waals surface area contributed by atoms with Crippen molar-refractivity contribution in [2.45, 2.75) is 31.1 Å². The first-order chi connectivity index (χ1) is 12.5. The second-order valence-corrected chi connectivity index (χ2v) is 7.87. The van der Waals surface area contributed by atoms with Gasteiger partial charge in [0.1, 0.15) is 0 Å². The first-order valence-corrected chi connectivity index (χ1v) is 9.40. The van der Waals surface area contributed by atoms with Gasteiger partial charge in [0.15, 0.2) is 6.61 Å². The van der Waals surface area contributed by atoms with Crippen molar-refractivity contribution in [3.8, 4) is 0 Å². The van der Waals surface area contributed by atoms with E-state index in [-0.39, 0.29) is 24.3 Å².